The summed E-state index contributed by atoms with van der Waals surface area (Å²) in [6.07, 6.45) is 16.0. The molecule has 0 unspecified atom stereocenters. The number of fused-ring (bicyclic) bond motifs is 9. The van der Waals surface area contributed by atoms with Crippen LogP contribution in [0.5, 0.6) is 0 Å². The number of allylic oxidation sites excluding steroid dienone is 8. The predicted octanol–water partition coefficient (Wildman–Crippen LogP) is 32.0. The second kappa shape index (κ2) is 48.1. The van der Waals surface area contributed by atoms with Gasteiger partial charge in [0.15, 0.2) is 0 Å². The van der Waals surface area contributed by atoms with E-state index >= 15 is 0 Å². The van der Waals surface area contributed by atoms with Gasteiger partial charge in [-0.05, 0) is 148 Å². The van der Waals surface area contributed by atoms with Crippen LogP contribution >= 0.6 is 0 Å². The molecule has 15 rings (SSSR count). The van der Waals surface area contributed by atoms with E-state index in [1.807, 2.05) is 168 Å². The van der Waals surface area contributed by atoms with E-state index < -0.39 is 0 Å². The molecule has 2 nitrogen and oxygen atoms in total. The fourth-order valence-electron chi connectivity index (χ4n) is 11.8. The summed E-state index contributed by atoms with van der Waals surface area (Å²) in [5.74, 6) is 2.99. The van der Waals surface area contributed by atoms with Gasteiger partial charge in [0, 0.05) is 32.6 Å². The average Bonchev–Trinajstić information content (AvgIpc) is 1.54. The number of benzene rings is 12. The van der Waals surface area contributed by atoms with Gasteiger partial charge in [-0.3, -0.25) is 0 Å². The van der Waals surface area contributed by atoms with Crippen molar-refractivity contribution >= 4 is 76.1 Å². The smallest absolute Gasteiger partial charge is 0.135 e. The highest BCUT2D eigenvalue weighted by Crippen LogP contribution is 2.56. The van der Waals surface area contributed by atoms with Gasteiger partial charge in [-0.1, -0.05) is 411 Å². The summed E-state index contributed by atoms with van der Waals surface area (Å²) < 4.78 is 7.98. The molecule has 0 N–H and O–H groups in total. The van der Waals surface area contributed by atoms with Crippen molar-refractivity contribution in [2.24, 2.45) is 23.7 Å². The number of hydrogen-bond acceptors (Lipinski definition) is 1. The number of rotatable bonds is 5. The molecule has 0 bridgehead atoms. The summed E-state index contributed by atoms with van der Waals surface area (Å²) in [5.41, 5.74) is 12.6. The lowest BCUT2D eigenvalue weighted by molar-refractivity contribution is 0.447. The molecule has 0 aliphatic heterocycles. The van der Waals surface area contributed by atoms with Crippen molar-refractivity contribution in [3.8, 4) is 16.8 Å². The Balaban J connectivity index is 0.000000313. The zero-order valence-corrected chi connectivity index (χ0v) is 66.7. The molecule has 0 atom stereocenters. The van der Waals surface area contributed by atoms with Crippen molar-refractivity contribution in [2.75, 3.05) is 0 Å². The van der Waals surface area contributed by atoms with Crippen molar-refractivity contribution in [1.29, 1.82) is 0 Å². The minimum absolute atomic E-state index is 0.0472. The SMILES string of the molecule is C/C=C\C=C/C.C/C=C\C=C/C.CC.CC.CC.CC.CC(C)C.CC(C)C.CC(C)C.CC(C)C1(c2ccccc2)c2ccccc2-c2ccccc21.c1cc2ccc3cccc4ccc(c1)c2c34.c1ccc(-n2c3ccccc3c3ccccc32)cc1.c1ccc2c(c1)oc1ccccc12. The third kappa shape index (κ3) is 24.2. The maximum absolute atomic E-state index is 5.65. The van der Waals surface area contributed by atoms with Crippen molar-refractivity contribution < 1.29 is 4.42 Å². The summed E-state index contributed by atoms with van der Waals surface area (Å²) in [6.45, 7) is 48.2. The zero-order valence-electron chi connectivity index (χ0n) is 66.7. The highest BCUT2D eigenvalue weighted by molar-refractivity contribution is 6.23. The number of aromatic nitrogens is 1. The molecule has 12 aromatic carbocycles. The summed E-state index contributed by atoms with van der Waals surface area (Å²) in [5, 5.41) is 13.1. The molecule has 102 heavy (non-hydrogen) atoms. The van der Waals surface area contributed by atoms with Crippen LogP contribution in [-0.2, 0) is 5.41 Å². The lowest BCUT2D eigenvalue weighted by atomic mass is 9.65. The Hall–Kier alpha value is -9.76. The largest absolute Gasteiger partial charge is 0.456 e. The number of furan rings is 1. The molecule has 0 fully saturated rings. The van der Waals surface area contributed by atoms with Crippen LogP contribution in [-0.4, -0.2) is 4.57 Å². The topological polar surface area (TPSA) is 18.1 Å². The average molecular weight is 1360 g/mol. The van der Waals surface area contributed by atoms with Gasteiger partial charge in [0.05, 0.1) is 11.0 Å². The molecule has 536 valence electrons. The van der Waals surface area contributed by atoms with E-state index in [1.165, 1.54) is 98.4 Å². The maximum atomic E-state index is 5.65. The van der Waals surface area contributed by atoms with Crippen molar-refractivity contribution in [3.63, 3.8) is 0 Å². The molecule has 1 aliphatic rings. The molecule has 2 heteroatoms. The van der Waals surface area contributed by atoms with Crippen LogP contribution in [0.15, 0.2) is 320 Å². The maximum Gasteiger partial charge on any atom is 0.135 e. The summed E-state index contributed by atoms with van der Waals surface area (Å²) >= 11 is 0. The van der Waals surface area contributed by atoms with Gasteiger partial charge < -0.3 is 8.98 Å². The van der Waals surface area contributed by atoms with Crippen molar-refractivity contribution in [3.05, 3.63) is 332 Å². The predicted molar refractivity (Wildman–Crippen MR) is 464 cm³/mol. The van der Waals surface area contributed by atoms with E-state index in [0.717, 1.165) is 28.9 Å². The third-order valence-corrected chi connectivity index (χ3v) is 15.4. The third-order valence-electron chi connectivity index (χ3n) is 15.4. The molecule has 14 aromatic rings. The van der Waals surface area contributed by atoms with Crippen molar-refractivity contribution in [1.82, 2.24) is 4.57 Å². The number of hydrogen-bond donors (Lipinski definition) is 0. The van der Waals surface area contributed by atoms with E-state index in [2.05, 4.69) is 311 Å². The minimum atomic E-state index is -0.0472. The Morgan fingerprint density at radius 3 is 0.882 bits per heavy atom. The van der Waals surface area contributed by atoms with Gasteiger partial charge >= 0.3 is 0 Å². The molecule has 0 amide bonds. The van der Waals surface area contributed by atoms with E-state index in [9.17, 15) is 0 Å². The molecular weight excluding hydrogens is 1230 g/mol. The van der Waals surface area contributed by atoms with E-state index in [-0.39, 0.29) is 5.41 Å². The number of para-hydroxylation sites is 5. The van der Waals surface area contributed by atoms with Crippen LogP contribution in [0.2, 0.25) is 0 Å². The molecule has 1 aliphatic carbocycles. The van der Waals surface area contributed by atoms with E-state index in [1.54, 1.807) is 0 Å². The summed E-state index contributed by atoms with van der Waals surface area (Å²) in [4.78, 5) is 0. The number of nitrogens with zero attached hydrogens (tertiary/aromatic N) is 1. The minimum Gasteiger partial charge on any atom is -0.456 e. The first kappa shape index (κ1) is 86.5. The fourth-order valence-corrected chi connectivity index (χ4v) is 11.8. The first-order chi connectivity index (χ1) is 49.6. The van der Waals surface area contributed by atoms with Gasteiger partial charge in [-0.25, -0.2) is 0 Å². The Labute approximate surface area is 618 Å². The fraction of sp³-hybridized carbons (Fsp3) is 0.280. The van der Waals surface area contributed by atoms with Gasteiger partial charge in [-0.15, -0.1) is 0 Å². The molecule has 2 heterocycles. The van der Waals surface area contributed by atoms with Crippen molar-refractivity contribution in [2.45, 2.75) is 165 Å². The van der Waals surface area contributed by atoms with Gasteiger partial charge in [-0.2, -0.15) is 0 Å². The molecular formula is C100H125NO. The van der Waals surface area contributed by atoms with Gasteiger partial charge in [0.1, 0.15) is 11.2 Å². The van der Waals surface area contributed by atoms with Crippen LogP contribution in [0.25, 0.3) is 92.9 Å². The van der Waals surface area contributed by atoms with E-state index in [0.29, 0.717) is 5.92 Å². The zero-order chi connectivity index (χ0) is 75.4. The van der Waals surface area contributed by atoms with Crippen LogP contribution < -0.4 is 0 Å². The monoisotopic (exact) mass is 1360 g/mol. The summed E-state index contributed by atoms with van der Waals surface area (Å²) in [7, 11) is 0. The lowest BCUT2D eigenvalue weighted by Crippen LogP contribution is -2.33. The van der Waals surface area contributed by atoms with Crippen LogP contribution in [0.3, 0.4) is 0 Å². The highest BCUT2D eigenvalue weighted by Gasteiger charge is 2.46. The van der Waals surface area contributed by atoms with Crippen LogP contribution in [0.4, 0.5) is 0 Å². The quantitative estimate of drug-likeness (QED) is 0.124. The van der Waals surface area contributed by atoms with E-state index in [4.69, 9.17) is 4.42 Å². The standard InChI is InChI=1S/C22H20.C18H13N.C16H10.C12H8O.2C6H10.3C4H10.4C2H6/c1-16(2)22(17-10-4-3-5-11-17)20-14-8-6-12-18(20)19-13-7-9-15-21(19)22;1-2-8-14(9-3-1)19-17-12-6-4-10-15(17)16-11-5-7-13-18(16)19;1-3-11-7-9-13-5-2-6-14-10-8-12(4-1)15(11)16(13)14;1-3-7-11-9(5-1)10-6-2-4-8-12(10)13-11;2*1-3-5-6-4-2;3*1-4(2)3;4*1-2/h3-16H,1-2H3;1-13H;1-10H;1-8H;2*3-6H,1-2H3;3*4H,1-3H3;4*1-2H3/b;;;;2*5-3-,6-4-;;;;;;;. The first-order valence-electron chi connectivity index (χ1n) is 37.9. The Bertz CT molecular complexity index is 4300. The highest BCUT2D eigenvalue weighted by atomic mass is 16.3. The van der Waals surface area contributed by atoms with Crippen LogP contribution in [0.1, 0.15) is 176 Å². The Morgan fingerprint density at radius 2 is 0.559 bits per heavy atom. The first-order valence-corrected chi connectivity index (χ1v) is 37.9. The molecule has 0 saturated heterocycles. The molecule has 0 saturated carbocycles. The normalized spacial score (nSPS) is 11.2. The second-order valence-electron chi connectivity index (χ2n) is 25.8. The summed E-state index contributed by atoms with van der Waals surface area (Å²) in [6, 6.07) is 94.5. The molecule has 2 aromatic heterocycles. The van der Waals surface area contributed by atoms with Gasteiger partial charge in [0.25, 0.3) is 0 Å². The Kier molecular flexibility index (Phi) is 40.8. The second-order valence-corrected chi connectivity index (χ2v) is 25.8. The lowest BCUT2D eigenvalue weighted by Gasteiger charge is -2.37. The molecule has 0 spiro atoms. The van der Waals surface area contributed by atoms with Gasteiger partial charge in [0.2, 0.25) is 0 Å². The Morgan fingerprint density at radius 1 is 0.284 bits per heavy atom. The van der Waals surface area contributed by atoms with Crippen LogP contribution in [0, 0.1) is 23.7 Å². The molecule has 0 radical (unpaired) electrons.